The number of nitrogens with zero attached hydrogens (tertiary/aromatic N) is 3. The van der Waals surface area contributed by atoms with Crippen LogP contribution >= 0.6 is 36.2 Å². The van der Waals surface area contributed by atoms with Gasteiger partial charge in [0.2, 0.25) is 0 Å². The summed E-state index contributed by atoms with van der Waals surface area (Å²) in [7, 11) is 3.68. The zero-order valence-corrected chi connectivity index (χ0v) is 19.9. The van der Waals surface area contributed by atoms with Crippen molar-refractivity contribution in [1.29, 1.82) is 0 Å². The van der Waals surface area contributed by atoms with Gasteiger partial charge in [0.1, 0.15) is 21.5 Å². The van der Waals surface area contributed by atoms with Crippen LogP contribution in [0.25, 0.3) is 0 Å². The van der Waals surface area contributed by atoms with E-state index in [-0.39, 0.29) is 30.9 Å². The Morgan fingerprint density at radius 1 is 1.22 bits per heavy atom. The quantitative estimate of drug-likeness (QED) is 0.546. The molecule has 32 heavy (non-hydrogen) atoms. The first-order chi connectivity index (χ1) is 14.3. The second-order valence-corrected chi connectivity index (χ2v) is 8.49. The molecule has 1 aromatic carbocycles. The van der Waals surface area contributed by atoms with Crippen molar-refractivity contribution < 1.29 is 22.3 Å². The molecule has 1 saturated heterocycles. The van der Waals surface area contributed by atoms with E-state index in [0.717, 1.165) is 19.0 Å². The topological polar surface area (TPSA) is 40.1 Å². The molecule has 3 heterocycles. The summed E-state index contributed by atoms with van der Waals surface area (Å²) in [4.78, 5) is 8.22. The van der Waals surface area contributed by atoms with Gasteiger partial charge in [0.05, 0.1) is 16.9 Å². The minimum Gasteiger partial charge on any atom is -0.385 e. The minimum absolute atomic E-state index is 0. The van der Waals surface area contributed by atoms with Crippen LogP contribution in [0.15, 0.2) is 29.3 Å². The van der Waals surface area contributed by atoms with E-state index >= 15 is 0 Å². The van der Waals surface area contributed by atoms with Crippen LogP contribution in [0.3, 0.4) is 0 Å². The maximum atomic E-state index is 13.8. The Labute approximate surface area is 200 Å². The van der Waals surface area contributed by atoms with Crippen molar-refractivity contribution in [2.75, 3.05) is 45.7 Å². The van der Waals surface area contributed by atoms with Crippen LogP contribution in [0.4, 0.5) is 33.9 Å². The van der Waals surface area contributed by atoms with Crippen molar-refractivity contribution in [1.82, 2.24) is 9.80 Å². The normalized spacial score (nSPS) is 18.4. The van der Waals surface area contributed by atoms with Crippen molar-refractivity contribution in [2.45, 2.75) is 18.6 Å². The highest BCUT2D eigenvalue weighted by Gasteiger charge is 2.37. The summed E-state index contributed by atoms with van der Waals surface area (Å²) in [5.41, 5.74) is 1.24. The van der Waals surface area contributed by atoms with E-state index in [9.17, 15) is 17.6 Å². The van der Waals surface area contributed by atoms with Gasteiger partial charge in [0.25, 0.3) is 0 Å². The Hall–Kier alpha value is -1.59. The fourth-order valence-corrected chi connectivity index (χ4v) is 4.67. The van der Waals surface area contributed by atoms with Gasteiger partial charge in [0, 0.05) is 39.4 Å². The highest BCUT2D eigenvalue weighted by molar-refractivity contribution is 7.16. The van der Waals surface area contributed by atoms with Gasteiger partial charge < -0.3 is 15.0 Å². The van der Waals surface area contributed by atoms with Gasteiger partial charge in [-0.2, -0.15) is 13.2 Å². The number of thiophene rings is 1. The van der Waals surface area contributed by atoms with Crippen molar-refractivity contribution in [2.24, 2.45) is 4.99 Å². The number of likely N-dealkylation sites (N-methyl/N-ethyl adjacent to an activating group) is 1. The fraction of sp³-hybridized carbons (Fsp3) is 0.450. The van der Waals surface area contributed by atoms with Gasteiger partial charge >= 0.3 is 6.18 Å². The molecule has 0 radical (unpaired) electrons. The molecule has 0 bridgehead atoms. The lowest BCUT2D eigenvalue weighted by atomic mass is 10.1. The number of nitrogens with one attached hydrogen (secondary N) is 1. The first-order valence-corrected chi connectivity index (χ1v) is 10.4. The van der Waals surface area contributed by atoms with Gasteiger partial charge in [-0.15, -0.1) is 36.2 Å². The molecular weight excluding hydrogens is 491 g/mol. The third-order valence-corrected chi connectivity index (χ3v) is 6.51. The number of amidine groups is 1. The van der Waals surface area contributed by atoms with Crippen LogP contribution in [0.5, 0.6) is 0 Å². The Balaban J connectivity index is 0.00000181. The number of piperazine rings is 1. The predicted octanol–water partition coefficient (Wildman–Crippen LogP) is 5.54. The lowest BCUT2D eigenvalue weighted by Gasteiger charge is -2.40. The SMILES string of the molecule is COCC[C@H]1CN(C2=Nc3ccc(F)cc3Nc3sc(C(F)(F)F)cc32)CCN1C.Cl.Cl. The third-order valence-electron chi connectivity index (χ3n) is 5.42. The second-order valence-electron chi connectivity index (χ2n) is 7.44. The van der Waals surface area contributed by atoms with E-state index in [1.165, 1.54) is 18.2 Å². The number of alkyl halides is 3. The highest BCUT2D eigenvalue weighted by atomic mass is 35.5. The molecule has 1 N–H and O–H groups in total. The summed E-state index contributed by atoms with van der Waals surface area (Å²) in [6, 6.07) is 5.42. The number of ether oxygens (including phenoxy) is 1. The predicted molar refractivity (Wildman–Crippen MR) is 124 cm³/mol. The summed E-state index contributed by atoms with van der Waals surface area (Å²) in [6.07, 6.45) is -3.65. The molecule has 0 aliphatic carbocycles. The highest BCUT2D eigenvalue weighted by Crippen LogP contribution is 2.44. The second kappa shape index (κ2) is 10.6. The maximum absolute atomic E-state index is 13.8. The van der Waals surface area contributed by atoms with E-state index in [4.69, 9.17) is 4.74 Å². The molecule has 1 atom stereocenters. The Kier molecular flexibility index (Phi) is 8.80. The molecule has 1 fully saturated rings. The Morgan fingerprint density at radius 3 is 2.66 bits per heavy atom. The molecular formula is C20H24Cl2F4N4OS. The fourth-order valence-electron chi connectivity index (χ4n) is 3.74. The minimum atomic E-state index is -4.46. The number of halogens is 6. The average molecular weight is 515 g/mol. The molecule has 4 rings (SSSR count). The van der Waals surface area contributed by atoms with Gasteiger partial charge in [-0.1, -0.05) is 0 Å². The van der Waals surface area contributed by atoms with E-state index < -0.39 is 16.9 Å². The molecule has 5 nitrogen and oxygen atoms in total. The number of methoxy groups -OCH3 is 1. The number of rotatable bonds is 3. The molecule has 0 amide bonds. The maximum Gasteiger partial charge on any atom is 0.425 e. The Morgan fingerprint density at radius 2 is 1.97 bits per heavy atom. The van der Waals surface area contributed by atoms with E-state index in [2.05, 4.69) is 15.2 Å². The molecule has 178 valence electrons. The number of hydrogen-bond acceptors (Lipinski definition) is 6. The van der Waals surface area contributed by atoms with E-state index in [0.29, 0.717) is 58.8 Å². The molecule has 0 unspecified atom stereocenters. The van der Waals surface area contributed by atoms with Gasteiger partial charge in [-0.05, 0) is 37.7 Å². The molecule has 2 aliphatic rings. The number of hydrogen-bond donors (Lipinski definition) is 1. The lowest BCUT2D eigenvalue weighted by Crippen LogP contribution is -2.53. The number of benzene rings is 1. The molecule has 1 aromatic heterocycles. The summed E-state index contributed by atoms with van der Waals surface area (Å²) in [5, 5.41) is 3.28. The first-order valence-electron chi connectivity index (χ1n) is 9.57. The van der Waals surface area contributed by atoms with Crippen LogP contribution in [0.1, 0.15) is 16.9 Å². The zero-order valence-electron chi connectivity index (χ0n) is 17.4. The van der Waals surface area contributed by atoms with Crippen molar-refractivity contribution in [3.05, 3.63) is 40.5 Å². The summed E-state index contributed by atoms with van der Waals surface area (Å²) in [5.74, 6) is -0.00148. The van der Waals surface area contributed by atoms with Crippen LogP contribution in [0, 0.1) is 5.82 Å². The van der Waals surface area contributed by atoms with Crippen LogP contribution in [-0.4, -0.2) is 62.1 Å². The van der Waals surface area contributed by atoms with Gasteiger partial charge in [0.15, 0.2) is 0 Å². The number of fused-ring (bicyclic) bond motifs is 2. The van der Waals surface area contributed by atoms with Crippen molar-refractivity contribution in [3.8, 4) is 0 Å². The van der Waals surface area contributed by atoms with Gasteiger partial charge in [-0.25, -0.2) is 9.38 Å². The van der Waals surface area contributed by atoms with Gasteiger partial charge in [-0.3, -0.25) is 4.90 Å². The van der Waals surface area contributed by atoms with Crippen LogP contribution in [0.2, 0.25) is 0 Å². The van der Waals surface area contributed by atoms with Crippen LogP contribution < -0.4 is 5.32 Å². The molecule has 2 aliphatic heterocycles. The van der Waals surface area contributed by atoms with E-state index in [1.54, 1.807) is 7.11 Å². The lowest BCUT2D eigenvalue weighted by molar-refractivity contribution is -0.134. The first kappa shape index (κ1) is 26.7. The number of anilines is 2. The third kappa shape index (κ3) is 5.48. The smallest absolute Gasteiger partial charge is 0.385 e. The standard InChI is InChI=1S/C20H22F4N4OS.2ClH/c1-27-6-7-28(11-13(27)5-8-29-2)18-14-10-17(20(22,23)24)30-19(14)26-16-9-12(21)3-4-15(16)25-18;;/h3-4,9-10,13,26H,5-8,11H2,1-2H3;2*1H/t13-;;/m0../s1. The largest absolute Gasteiger partial charge is 0.425 e. The molecule has 0 saturated carbocycles. The van der Waals surface area contributed by atoms with Crippen molar-refractivity contribution >= 4 is 58.4 Å². The Bertz CT molecular complexity index is 970. The molecule has 12 heteroatoms. The summed E-state index contributed by atoms with van der Waals surface area (Å²) < 4.78 is 59.2. The average Bonchev–Trinajstić information content (AvgIpc) is 3.05. The molecule has 0 spiro atoms. The van der Waals surface area contributed by atoms with Crippen LogP contribution in [-0.2, 0) is 10.9 Å². The molecule has 2 aromatic rings. The number of aliphatic imine (C=N–C) groups is 1. The van der Waals surface area contributed by atoms with Crippen molar-refractivity contribution in [3.63, 3.8) is 0 Å². The van der Waals surface area contributed by atoms with E-state index in [1.807, 2.05) is 11.9 Å². The monoisotopic (exact) mass is 514 g/mol. The zero-order chi connectivity index (χ0) is 21.5. The summed E-state index contributed by atoms with van der Waals surface area (Å²) >= 11 is 0.612. The summed E-state index contributed by atoms with van der Waals surface area (Å²) in [6.45, 7) is 2.60.